The van der Waals surface area contributed by atoms with Crippen LogP contribution in [0.1, 0.15) is 12.5 Å². The SMILES string of the molecule is CCOCc1cc2cc(Cl)ccc2o/c1=N\c1ccc(Br)cc1. The zero-order valence-electron chi connectivity index (χ0n) is 12.6. The zero-order valence-corrected chi connectivity index (χ0v) is 14.9. The fourth-order valence-electron chi connectivity index (χ4n) is 2.19. The molecule has 0 aliphatic carbocycles. The smallest absolute Gasteiger partial charge is 0.225 e. The molecule has 0 spiro atoms. The van der Waals surface area contributed by atoms with Gasteiger partial charge in [-0.15, -0.1) is 0 Å². The summed E-state index contributed by atoms with van der Waals surface area (Å²) in [5.41, 5.74) is 3.01. The second-order valence-electron chi connectivity index (χ2n) is 4.98. The van der Waals surface area contributed by atoms with Gasteiger partial charge in [-0.3, -0.25) is 0 Å². The molecule has 0 unspecified atom stereocenters. The van der Waals surface area contributed by atoms with Gasteiger partial charge in [0.25, 0.3) is 0 Å². The van der Waals surface area contributed by atoms with E-state index in [0.717, 1.165) is 26.7 Å². The molecule has 0 aliphatic heterocycles. The van der Waals surface area contributed by atoms with Gasteiger partial charge < -0.3 is 9.15 Å². The van der Waals surface area contributed by atoms with Crippen LogP contribution in [0.15, 0.2) is 62.4 Å². The fourth-order valence-corrected chi connectivity index (χ4v) is 2.63. The van der Waals surface area contributed by atoms with Crippen molar-refractivity contribution in [1.82, 2.24) is 0 Å². The van der Waals surface area contributed by atoms with Crippen molar-refractivity contribution in [3.05, 3.63) is 69.1 Å². The Bertz CT molecular complexity index is 888. The number of nitrogens with zero attached hydrogens (tertiary/aromatic N) is 1. The number of fused-ring (bicyclic) bond motifs is 1. The van der Waals surface area contributed by atoms with Gasteiger partial charge in [-0.1, -0.05) is 27.5 Å². The van der Waals surface area contributed by atoms with Gasteiger partial charge in [0.2, 0.25) is 5.55 Å². The van der Waals surface area contributed by atoms with E-state index in [1.165, 1.54) is 0 Å². The summed E-state index contributed by atoms with van der Waals surface area (Å²) in [6, 6.07) is 15.3. The maximum Gasteiger partial charge on any atom is 0.225 e. The first-order valence-electron chi connectivity index (χ1n) is 7.26. The normalized spacial score (nSPS) is 12.0. The summed E-state index contributed by atoms with van der Waals surface area (Å²) in [6.45, 7) is 3.03. The number of benzene rings is 2. The molecule has 1 aromatic heterocycles. The Kier molecular flexibility index (Phi) is 5.16. The highest BCUT2D eigenvalue weighted by Gasteiger charge is 2.05. The molecule has 0 aliphatic rings. The first-order chi connectivity index (χ1) is 11.2. The van der Waals surface area contributed by atoms with E-state index in [1.807, 2.05) is 49.4 Å². The zero-order chi connectivity index (χ0) is 16.2. The van der Waals surface area contributed by atoms with E-state index in [-0.39, 0.29) is 0 Å². The van der Waals surface area contributed by atoms with Crippen LogP contribution in [-0.2, 0) is 11.3 Å². The molecule has 2 aromatic carbocycles. The molecule has 0 bridgehead atoms. The van der Waals surface area contributed by atoms with Gasteiger partial charge in [0.15, 0.2) is 0 Å². The van der Waals surface area contributed by atoms with E-state index < -0.39 is 0 Å². The highest BCUT2D eigenvalue weighted by molar-refractivity contribution is 9.10. The molecule has 0 radical (unpaired) electrons. The molecule has 3 rings (SSSR count). The number of ether oxygens (including phenoxy) is 1. The lowest BCUT2D eigenvalue weighted by atomic mass is 10.2. The molecule has 0 fully saturated rings. The van der Waals surface area contributed by atoms with Crippen molar-refractivity contribution in [1.29, 1.82) is 0 Å². The van der Waals surface area contributed by atoms with Crippen LogP contribution in [0.3, 0.4) is 0 Å². The first kappa shape index (κ1) is 16.2. The van der Waals surface area contributed by atoms with Crippen molar-refractivity contribution >= 4 is 44.2 Å². The fraction of sp³-hybridized carbons (Fsp3) is 0.167. The molecule has 23 heavy (non-hydrogen) atoms. The topological polar surface area (TPSA) is 34.7 Å². The summed E-state index contributed by atoms with van der Waals surface area (Å²) in [5.74, 6) is 0. The second-order valence-corrected chi connectivity index (χ2v) is 6.34. The minimum atomic E-state index is 0.442. The van der Waals surface area contributed by atoms with Crippen molar-refractivity contribution in [2.45, 2.75) is 13.5 Å². The van der Waals surface area contributed by atoms with Crippen molar-refractivity contribution in [3.63, 3.8) is 0 Å². The monoisotopic (exact) mass is 391 g/mol. The number of hydrogen-bond donors (Lipinski definition) is 0. The van der Waals surface area contributed by atoms with Crippen LogP contribution in [0.25, 0.3) is 11.0 Å². The largest absolute Gasteiger partial charge is 0.438 e. The second kappa shape index (κ2) is 7.30. The van der Waals surface area contributed by atoms with E-state index in [4.69, 9.17) is 20.8 Å². The van der Waals surface area contributed by atoms with Crippen LogP contribution in [0, 0.1) is 0 Å². The first-order valence-corrected chi connectivity index (χ1v) is 8.43. The average molecular weight is 393 g/mol. The molecular weight excluding hydrogens is 378 g/mol. The molecule has 0 amide bonds. The van der Waals surface area contributed by atoms with E-state index in [0.29, 0.717) is 23.8 Å². The lowest BCUT2D eigenvalue weighted by molar-refractivity contribution is 0.131. The molecule has 0 saturated heterocycles. The summed E-state index contributed by atoms with van der Waals surface area (Å²) in [6.07, 6.45) is 0. The van der Waals surface area contributed by atoms with Crippen molar-refractivity contribution in [2.24, 2.45) is 4.99 Å². The maximum absolute atomic E-state index is 6.06. The standard InChI is InChI=1S/C18H15BrClNO2/c1-2-22-11-13-9-12-10-15(20)5-8-17(12)23-18(13)21-16-6-3-14(19)4-7-16/h3-10H,2,11H2,1H3/b21-18-. The molecule has 0 atom stereocenters. The number of hydrogen-bond acceptors (Lipinski definition) is 3. The Labute approximate surface area is 147 Å². The van der Waals surface area contributed by atoms with Crippen LogP contribution in [-0.4, -0.2) is 6.61 Å². The van der Waals surface area contributed by atoms with Gasteiger partial charge >= 0.3 is 0 Å². The average Bonchev–Trinajstić information content (AvgIpc) is 2.55. The summed E-state index contributed by atoms with van der Waals surface area (Å²) in [4.78, 5) is 4.61. The highest BCUT2D eigenvalue weighted by Crippen LogP contribution is 2.20. The van der Waals surface area contributed by atoms with Gasteiger partial charge in [-0.25, -0.2) is 4.99 Å². The van der Waals surface area contributed by atoms with Crippen LogP contribution in [0.4, 0.5) is 5.69 Å². The number of halogens is 2. The minimum absolute atomic E-state index is 0.442. The summed E-state index contributed by atoms with van der Waals surface area (Å²) >= 11 is 9.48. The third-order valence-electron chi connectivity index (χ3n) is 3.30. The third kappa shape index (κ3) is 4.02. The van der Waals surface area contributed by atoms with Gasteiger partial charge in [0.1, 0.15) is 5.58 Å². The van der Waals surface area contributed by atoms with Gasteiger partial charge in [-0.05, 0) is 55.5 Å². The van der Waals surface area contributed by atoms with E-state index in [1.54, 1.807) is 6.07 Å². The molecule has 118 valence electrons. The summed E-state index contributed by atoms with van der Waals surface area (Å²) in [7, 11) is 0. The predicted octanol–water partition coefficient (Wildman–Crippen LogP) is 5.62. The summed E-state index contributed by atoms with van der Waals surface area (Å²) in [5, 5.41) is 1.61. The van der Waals surface area contributed by atoms with Crippen LogP contribution < -0.4 is 5.55 Å². The minimum Gasteiger partial charge on any atom is -0.438 e. The van der Waals surface area contributed by atoms with Gasteiger partial charge in [0.05, 0.1) is 12.3 Å². The highest BCUT2D eigenvalue weighted by atomic mass is 79.9. The Hall–Kier alpha value is -1.62. The number of rotatable bonds is 4. The lowest BCUT2D eigenvalue weighted by Gasteiger charge is -2.05. The van der Waals surface area contributed by atoms with Gasteiger partial charge in [-0.2, -0.15) is 0 Å². The predicted molar refractivity (Wildman–Crippen MR) is 95.9 cm³/mol. The van der Waals surface area contributed by atoms with E-state index in [2.05, 4.69) is 20.9 Å². The van der Waals surface area contributed by atoms with Crippen molar-refractivity contribution in [2.75, 3.05) is 6.61 Å². The summed E-state index contributed by atoms with van der Waals surface area (Å²) < 4.78 is 12.5. The van der Waals surface area contributed by atoms with E-state index in [9.17, 15) is 0 Å². The van der Waals surface area contributed by atoms with Crippen molar-refractivity contribution < 1.29 is 9.15 Å². The quantitative estimate of drug-likeness (QED) is 0.578. The Morgan fingerprint density at radius 2 is 1.91 bits per heavy atom. The van der Waals surface area contributed by atoms with E-state index >= 15 is 0 Å². The molecule has 3 aromatic rings. The molecule has 3 nitrogen and oxygen atoms in total. The molecule has 0 saturated carbocycles. The van der Waals surface area contributed by atoms with Crippen LogP contribution in [0.2, 0.25) is 5.02 Å². The third-order valence-corrected chi connectivity index (χ3v) is 4.07. The maximum atomic E-state index is 6.06. The Morgan fingerprint density at radius 3 is 2.65 bits per heavy atom. The van der Waals surface area contributed by atoms with Crippen molar-refractivity contribution in [3.8, 4) is 0 Å². The van der Waals surface area contributed by atoms with Gasteiger partial charge in [0, 0.05) is 27.1 Å². The van der Waals surface area contributed by atoms with Crippen LogP contribution >= 0.6 is 27.5 Å². The molecule has 5 heteroatoms. The molecular formula is C18H15BrClNO2. The molecule has 1 heterocycles. The lowest BCUT2D eigenvalue weighted by Crippen LogP contribution is -2.10. The van der Waals surface area contributed by atoms with Crippen LogP contribution in [0.5, 0.6) is 0 Å². The molecule has 0 N–H and O–H groups in total. The Balaban J connectivity index is 2.15. The Morgan fingerprint density at radius 1 is 1.13 bits per heavy atom.